The smallest absolute Gasteiger partial charge is 0.242 e. The third-order valence-corrected chi connectivity index (χ3v) is 6.18. The minimum absolute atomic E-state index is 0.146. The zero-order chi connectivity index (χ0) is 24.9. The molecule has 0 saturated heterocycles. The van der Waals surface area contributed by atoms with E-state index in [1.54, 1.807) is 30.2 Å². The fourth-order valence-electron chi connectivity index (χ4n) is 3.51. The first-order valence-corrected chi connectivity index (χ1v) is 12.4. The summed E-state index contributed by atoms with van der Waals surface area (Å²) in [4.78, 5) is 27.8. The standard InChI is InChI=1S/C26H34Cl2N2O4/c1-4-6-16-29-26(32)24(5-2)30(18-21-22(27)9-7-10-23(21)28)25(31)11-8-17-34-20-14-12-19(33-3)13-15-20/h7,9-10,12-15,24H,4-6,8,11,16-18H2,1-3H3,(H,29,32)/t24-/m1/s1. The van der Waals surface area contributed by atoms with Gasteiger partial charge in [-0.25, -0.2) is 0 Å². The molecule has 2 aromatic carbocycles. The first-order chi connectivity index (χ1) is 16.4. The lowest BCUT2D eigenvalue weighted by Gasteiger charge is -2.31. The van der Waals surface area contributed by atoms with Gasteiger partial charge in [-0.3, -0.25) is 9.59 Å². The predicted octanol–water partition coefficient (Wildman–Crippen LogP) is 5.88. The number of hydrogen-bond acceptors (Lipinski definition) is 4. The summed E-state index contributed by atoms with van der Waals surface area (Å²) in [5, 5.41) is 3.88. The molecule has 2 aromatic rings. The van der Waals surface area contributed by atoms with Gasteiger partial charge in [0, 0.05) is 35.1 Å². The Hall–Kier alpha value is -2.44. The predicted molar refractivity (Wildman–Crippen MR) is 137 cm³/mol. The highest BCUT2D eigenvalue weighted by Gasteiger charge is 2.29. The van der Waals surface area contributed by atoms with Crippen LogP contribution in [0.2, 0.25) is 10.0 Å². The van der Waals surface area contributed by atoms with Crippen molar-refractivity contribution in [2.45, 2.75) is 58.5 Å². The summed E-state index contributed by atoms with van der Waals surface area (Å²) >= 11 is 12.7. The van der Waals surface area contributed by atoms with Gasteiger partial charge in [0.1, 0.15) is 17.5 Å². The van der Waals surface area contributed by atoms with Gasteiger partial charge in [-0.05, 0) is 55.7 Å². The Morgan fingerprint density at radius 3 is 2.24 bits per heavy atom. The van der Waals surface area contributed by atoms with Gasteiger partial charge in [-0.2, -0.15) is 0 Å². The Morgan fingerprint density at radius 2 is 1.65 bits per heavy atom. The highest BCUT2D eigenvalue weighted by molar-refractivity contribution is 6.36. The molecule has 1 atom stereocenters. The average molecular weight is 509 g/mol. The van der Waals surface area contributed by atoms with Crippen LogP contribution in [0.4, 0.5) is 0 Å². The van der Waals surface area contributed by atoms with E-state index in [1.165, 1.54) is 0 Å². The Morgan fingerprint density at radius 1 is 1.00 bits per heavy atom. The van der Waals surface area contributed by atoms with Crippen LogP contribution in [0.3, 0.4) is 0 Å². The lowest BCUT2D eigenvalue weighted by atomic mass is 10.1. The molecule has 0 unspecified atom stereocenters. The molecule has 6 nitrogen and oxygen atoms in total. The number of unbranched alkanes of at least 4 members (excludes halogenated alkanes) is 1. The van der Waals surface area contributed by atoms with Crippen molar-refractivity contribution >= 4 is 35.0 Å². The molecular formula is C26H34Cl2N2O4. The van der Waals surface area contributed by atoms with Gasteiger partial charge in [0.2, 0.25) is 11.8 Å². The lowest BCUT2D eigenvalue weighted by Crippen LogP contribution is -2.49. The second kappa shape index (κ2) is 14.7. The van der Waals surface area contributed by atoms with E-state index in [9.17, 15) is 9.59 Å². The summed E-state index contributed by atoms with van der Waals surface area (Å²) in [7, 11) is 1.61. The summed E-state index contributed by atoms with van der Waals surface area (Å²) < 4.78 is 10.9. The average Bonchev–Trinajstić information content (AvgIpc) is 2.84. The molecule has 0 saturated carbocycles. The quantitative estimate of drug-likeness (QED) is 0.323. The van der Waals surface area contributed by atoms with Crippen LogP contribution in [-0.2, 0) is 16.1 Å². The molecule has 0 bridgehead atoms. The first-order valence-electron chi connectivity index (χ1n) is 11.7. The van der Waals surface area contributed by atoms with Gasteiger partial charge in [-0.1, -0.05) is 49.5 Å². The first kappa shape index (κ1) is 27.8. The fraction of sp³-hybridized carbons (Fsp3) is 0.462. The number of methoxy groups -OCH3 is 1. The van der Waals surface area contributed by atoms with E-state index in [0.717, 1.165) is 18.6 Å². The monoisotopic (exact) mass is 508 g/mol. The molecule has 0 heterocycles. The molecule has 8 heteroatoms. The highest BCUT2D eigenvalue weighted by atomic mass is 35.5. The van der Waals surface area contributed by atoms with Crippen LogP contribution in [0.1, 0.15) is 51.5 Å². The molecule has 2 amide bonds. The van der Waals surface area contributed by atoms with Gasteiger partial charge in [0.05, 0.1) is 13.7 Å². The van der Waals surface area contributed by atoms with Crippen molar-refractivity contribution in [3.05, 3.63) is 58.1 Å². The normalized spacial score (nSPS) is 11.6. The number of carbonyl (C=O) groups is 2. The third-order valence-electron chi connectivity index (χ3n) is 5.47. The molecule has 0 aliphatic heterocycles. The Balaban J connectivity index is 2.08. The van der Waals surface area contributed by atoms with E-state index in [4.69, 9.17) is 32.7 Å². The number of amides is 2. The van der Waals surface area contributed by atoms with Crippen LogP contribution < -0.4 is 14.8 Å². The van der Waals surface area contributed by atoms with Crippen LogP contribution in [-0.4, -0.2) is 43.0 Å². The number of rotatable bonds is 14. The van der Waals surface area contributed by atoms with E-state index >= 15 is 0 Å². The summed E-state index contributed by atoms with van der Waals surface area (Å²) in [6.45, 7) is 5.07. The Kier molecular flexibility index (Phi) is 12.1. The number of hydrogen-bond donors (Lipinski definition) is 1. The van der Waals surface area contributed by atoms with E-state index in [2.05, 4.69) is 12.2 Å². The maximum atomic E-state index is 13.3. The lowest BCUT2D eigenvalue weighted by molar-refractivity contribution is -0.141. The SMILES string of the molecule is CCCCNC(=O)[C@@H](CC)N(Cc1c(Cl)cccc1Cl)C(=O)CCCOc1ccc(OC)cc1. The molecule has 2 rings (SSSR count). The minimum Gasteiger partial charge on any atom is -0.497 e. The zero-order valence-corrected chi connectivity index (χ0v) is 21.6. The van der Waals surface area contributed by atoms with Gasteiger partial charge >= 0.3 is 0 Å². The van der Waals surface area contributed by atoms with Crippen LogP contribution in [0.25, 0.3) is 0 Å². The molecule has 0 aromatic heterocycles. The van der Waals surface area contributed by atoms with E-state index in [-0.39, 0.29) is 24.8 Å². The van der Waals surface area contributed by atoms with E-state index in [0.29, 0.717) is 47.4 Å². The van der Waals surface area contributed by atoms with Gasteiger partial charge < -0.3 is 19.7 Å². The van der Waals surface area contributed by atoms with Crippen molar-refractivity contribution in [3.8, 4) is 11.5 Å². The van der Waals surface area contributed by atoms with Gasteiger partial charge in [-0.15, -0.1) is 0 Å². The van der Waals surface area contributed by atoms with Crippen molar-refractivity contribution in [2.24, 2.45) is 0 Å². The molecule has 0 aliphatic rings. The number of nitrogens with one attached hydrogen (secondary N) is 1. The molecule has 186 valence electrons. The largest absolute Gasteiger partial charge is 0.497 e. The van der Waals surface area contributed by atoms with Crippen LogP contribution >= 0.6 is 23.2 Å². The number of ether oxygens (including phenoxy) is 2. The molecule has 0 aliphatic carbocycles. The summed E-state index contributed by atoms with van der Waals surface area (Å²) in [5.41, 5.74) is 0.633. The molecular weight excluding hydrogens is 475 g/mol. The number of halogens is 2. The van der Waals surface area contributed by atoms with Gasteiger partial charge in [0.15, 0.2) is 0 Å². The van der Waals surface area contributed by atoms with Crippen molar-refractivity contribution in [3.63, 3.8) is 0 Å². The van der Waals surface area contributed by atoms with Crippen molar-refractivity contribution in [1.82, 2.24) is 10.2 Å². The van der Waals surface area contributed by atoms with E-state index < -0.39 is 6.04 Å². The number of benzene rings is 2. The van der Waals surface area contributed by atoms with Crippen molar-refractivity contribution in [1.29, 1.82) is 0 Å². The van der Waals surface area contributed by atoms with Crippen LogP contribution in [0.15, 0.2) is 42.5 Å². The summed E-state index contributed by atoms with van der Waals surface area (Å²) in [6, 6.07) is 11.9. The molecule has 0 fully saturated rings. The third kappa shape index (κ3) is 8.41. The molecule has 0 spiro atoms. The second-order valence-corrected chi connectivity index (χ2v) is 8.73. The van der Waals surface area contributed by atoms with Crippen molar-refractivity contribution < 1.29 is 19.1 Å². The maximum absolute atomic E-state index is 13.3. The molecule has 34 heavy (non-hydrogen) atoms. The Bertz CT molecular complexity index is 901. The fourth-order valence-corrected chi connectivity index (χ4v) is 4.03. The Labute approximate surface area is 212 Å². The van der Waals surface area contributed by atoms with Crippen molar-refractivity contribution in [2.75, 3.05) is 20.3 Å². The second-order valence-electron chi connectivity index (χ2n) is 7.92. The van der Waals surface area contributed by atoms with Gasteiger partial charge in [0.25, 0.3) is 0 Å². The summed E-state index contributed by atoms with van der Waals surface area (Å²) in [6.07, 6.45) is 3.08. The maximum Gasteiger partial charge on any atom is 0.242 e. The topological polar surface area (TPSA) is 67.9 Å². The van der Waals surface area contributed by atoms with Crippen LogP contribution in [0.5, 0.6) is 11.5 Å². The molecule has 0 radical (unpaired) electrons. The molecule has 1 N–H and O–H groups in total. The van der Waals surface area contributed by atoms with Crippen LogP contribution in [0, 0.1) is 0 Å². The minimum atomic E-state index is -0.612. The number of carbonyl (C=O) groups excluding carboxylic acids is 2. The zero-order valence-electron chi connectivity index (χ0n) is 20.1. The summed E-state index contributed by atoms with van der Waals surface area (Å²) in [5.74, 6) is 1.14. The van der Waals surface area contributed by atoms with E-state index in [1.807, 2.05) is 31.2 Å². The highest BCUT2D eigenvalue weighted by Crippen LogP contribution is 2.27. The number of nitrogens with zero attached hydrogens (tertiary/aromatic N) is 1.